The van der Waals surface area contributed by atoms with E-state index >= 15 is 0 Å². The molecule has 0 saturated heterocycles. The van der Waals surface area contributed by atoms with E-state index in [9.17, 15) is 9.59 Å². The molecule has 0 aliphatic carbocycles. The van der Waals surface area contributed by atoms with Gasteiger partial charge in [-0.3, -0.25) is 4.79 Å². The van der Waals surface area contributed by atoms with Crippen molar-refractivity contribution >= 4 is 17.6 Å². The van der Waals surface area contributed by atoms with Gasteiger partial charge in [0, 0.05) is 18.2 Å². The van der Waals surface area contributed by atoms with E-state index < -0.39 is 11.9 Å². The summed E-state index contributed by atoms with van der Waals surface area (Å²) in [6.45, 7) is 1.73. The fraction of sp³-hybridized carbons (Fsp3) is 0.263. The third-order valence-corrected chi connectivity index (χ3v) is 3.39. The first kappa shape index (κ1) is 19.1. The molecule has 1 N–H and O–H groups in total. The quantitative estimate of drug-likeness (QED) is 0.730. The molecule has 0 spiro atoms. The molecule has 26 heavy (non-hydrogen) atoms. The van der Waals surface area contributed by atoms with Crippen LogP contribution in [0.15, 0.2) is 42.5 Å². The fourth-order valence-electron chi connectivity index (χ4n) is 2.18. The molecule has 2 aromatic carbocycles. The minimum atomic E-state index is -0.498. The van der Waals surface area contributed by atoms with Crippen LogP contribution in [0.4, 0.5) is 5.69 Å². The molecule has 0 atom stereocenters. The number of carbonyl (C=O) groups is 2. The summed E-state index contributed by atoms with van der Waals surface area (Å²) >= 11 is 0. The minimum absolute atomic E-state index is 0.243. The van der Waals surface area contributed by atoms with Crippen molar-refractivity contribution < 1.29 is 28.5 Å². The molecule has 2 aromatic rings. The van der Waals surface area contributed by atoms with Gasteiger partial charge in [-0.25, -0.2) is 4.79 Å². The van der Waals surface area contributed by atoms with Crippen molar-refractivity contribution in [2.24, 2.45) is 0 Å². The number of methoxy groups -OCH3 is 2. The number of benzene rings is 2. The first-order valence-corrected chi connectivity index (χ1v) is 7.99. The number of hydrogen-bond acceptors (Lipinski definition) is 6. The van der Waals surface area contributed by atoms with Crippen LogP contribution in [-0.4, -0.2) is 39.3 Å². The Kier molecular flexibility index (Phi) is 6.84. The van der Waals surface area contributed by atoms with E-state index in [1.54, 1.807) is 49.4 Å². The smallest absolute Gasteiger partial charge is 0.340 e. The lowest BCUT2D eigenvalue weighted by Gasteiger charge is -2.12. The van der Waals surface area contributed by atoms with E-state index in [4.69, 9.17) is 18.9 Å². The maximum absolute atomic E-state index is 12.2. The van der Waals surface area contributed by atoms with Crippen LogP contribution >= 0.6 is 0 Å². The first-order chi connectivity index (χ1) is 12.6. The highest BCUT2D eigenvalue weighted by atomic mass is 16.5. The van der Waals surface area contributed by atoms with Crippen LogP contribution in [0.25, 0.3) is 0 Å². The summed E-state index contributed by atoms with van der Waals surface area (Å²) in [6.07, 6.45) is 0. The maximum atomic E-state index is 12.2. The number of carbonyl (C=O) groups excluding carboxylic acids is 2. The van der Waals surface area contributed by atoms with Crippen LogP contribution < -0.4 is 19.5 Å². The maximum Gasteiger partial charge on any atom is 0.340 e. The summed E-state index contributed by atoms with van der Waals surface area (Å²) in [4.78, 5) is 24.1. The van der Waals surface area contributed by atoms with Gasteiger partial charge in [-0.2, -0.15) is 0 Å². The van der Waals surface area contributed by atoms with Gasteiger partial charge in [0.05, 0.1) is 32.1 Å². The van der Waals surface area contributed by atoms with Crippen LogP contribution in [0.2, 0.25) is 0 Å². The zero-order chi connectivity index (χ0) is 18.9. The Bertz CT molecular complexity index is 752. The Labute approximate surface area is 151 Å². The second-order valence-corrected chi connectivity index (χ2v) is 5.15. The summed E-state index contributed by atoms with van der Waals surface area (Å²) in [7, 11) is 3.05. The topological polar surface area (TPSA) is 83.1 Å². The molecule has 0 saturated carbocycles. The monoisotopic (exact) mass is 359 g/mol. The van der Waals surface area contributed by atoms with Crippen molar-refractivity contribution in [1.82, 2.24) is 0 Å². The van der Waals surface area contributed by atoms with Gasteiger partial charge >= 0.3 is 5.97 Å². The highest BCUT2D eigenvalue weighted by Gasteiger charge is 2.14. The zero-order valence-electron chi connectivity index (χ0n) is 14.9. The summed E-state index contributed by atoms with van der Waals surface area (Å²) in [6, 6.07) is 11.6. The van der Waals surface area contributed by atoms with Crippen LogP contribution in [-0.2, 0) is 9.53 Å². The molecular formula is C19H21NO6. The number of amides is 1. The lowest BCUT2D eigenvalue weighted by molar-refractivity contribution is -0.118. The van der Waals surface area contributed by atoms with Gasteiger partial charge in [0.2, 0.25) is 0 Å². The standard InChI is InChI=1S/C19H21NO6/c1-4-25-19(22)16-7-5-6-8-17(16)20-18(21)12-26-15-10-13(23-2)9-14(11-15)24-3/h5-11H,4,12H2,1-3H3,(H,20,21). The fourth-order valence-corrected chi connectivity index (χ4v) is 2.18. The third kappa shape index (κ3) is 5.14. The van der Waals surface area contributed by atoms with Gasteiger partial charge in [0.1, 0.15) is 17.2 Å². The SMILES string of the molecule is CCOC(=O)c1ccccc1NC(=O)COc1cc(OC)cc(OC)c1. The second kappa shape index (κ2) is 9.31. The van der Waals surface area contributed by atoms with Gasteiger partial charge in [-0.05, 0) is 19.1 Å². The highest BCUT2D eigenvalue weighted by Crippen LogP contribution is 2.27. The molecule has 0 heterocycles. The molecular weight excluding hydrogens is 338 g/mol. The van der Waals surface area contributed by atoms with Crippen molar-refractivity contribution in [3.8, 4) is 17.2 Å². The summed E-state index contributed by atoms with van der Waals surface area (Å²) in [5, 5.41) is 2.65. The number of esters is 1. The van der Waals surface area contributed by atoms with Crippen LogP contribution in [0, 0.1) is 0 Å². The number of anilines is 1. The molecule has 1 amide bonds. The number of rotatable bonds is 8. The van der Waals surface area contributed by atoms with Gasteiger partial charge in [-0.1, -0.05) is 12.1 Å². The lowest BCUT2D eigenvalue weighted by Crippen LogP contribution is -2.22. The number of ether oxygens (including phenoxy) is 4. The van der Waals surface area contributed by atoms with E-state index in [-0.39, 0.29) is 18.8 Å². The lowest BCUT2D eigenvalue weighted by atomic mass is 10.2. The molecule has 0 radical (unpaired) electrons. The predicted octanol–water partition coefficient (Wildman–Crippen LogP) is 2.90. The Balaban J connectivity index is 2.03. The second-order valence-electron chi connectivity index (χ2n) is 5.15. The highest BCUT2D eigenvalue weighted by molar-refractivity contribution is 6.01. The largest absolute Gasteiger partial charge is 0.496 e. The molecule has 7 nitrogen and oxygen atoms in total. The van der Waals surface area contributed by atoms with Crippen LogP contribution in [0.3, 0.4) is 0 Å². The zero-order valence-corrected chi connectivity index (χ0v) is 14.9. The third-order valence-electron chi connectivity index (χ3n) is 3.39. The summed E-state index contributed by atoms with van der Waals surface area (Å²) in [5.41, 5.74) is 0.647. The first-order valence-electron chi connectivity index (χ1n) is 7.99. The number of nitrogens with one attached hydrogen (secondary N) is 1. The molecule has 138 valence electrons. The van der Waals surface area contributed by atoms with E-state index in [0.717, 1.165) is 0 Å². The molecule has 0 aliphatic heterocycles. The van der Waals surface area contributed by atoms with E-state index in [2.05, 4.69) is 5.32 Å². The average Bonchev–Trinajstić information content (AvgIpc) is 2.66. The van der Waals surface area contributed by atoms with Gasteiger partial charge in [0.25, 0.3) is 5.91 Å². The van der Waals surface area contributed by atoms with E-state index in [0.29, 0.717) is 22.9 Å². The van der Waals surface area contributed by atoms with E-state index in [1.165, 1.54) is 14.2 Å². The van der Waals surface area contributed by atoms with Crippen LogP contribution in [0.5, 0.6) is 17.2 Å². The molecule has 7 heteroatoms. The average molecular weight is 359 g/mol. The molecule has 0 aromatic heterocycles. The van der Waals surface area contributed by atoms with Gasteiger partial charge < -0.3 is 24.3 Å². The van der Waals surface area contributed by atoms with Crippen molar-refractivity contribution in [2.75, 3.05) is 32.8 Å². The van der Waals surface area contributed by atoms with Gasteiger partial charge in [-0.15, -0.1) is 0 Å². The van der Waals surface area contributed by atoms with Crippen molar-refractivity contribution in [2.45, 2.75) is 6.92 Å². The molecule has 0 aliphatic rings. The molecule has 0 bridgehead atoms. The van der Waals surface area contributed by atoms with Crippen molar-refractivity contribution in [3.63, 3.8) is 0 Å². The Morgan fingerprint density at radius 2 is 1.58 bits per heavy atom. The number of hydrogen-bond donors (Lipinski definition) is 1. The van der Waals surface area contributed by atoms with Gasteiger partial charge in [0.15, 0.2) is 6.61 Å². The molecule has 0 unspecified atom stereocenters. The Morgan fingerprint density at radius 3 is 2.19 bits per heavy atom. The van der Waals surface area contributed by atoms with Crippen molar-refractivity contribution in [1.29, 1.82) is 0 Å². The van der Waals surface area contributed by atoms with Crippen molar-refractivity contribution in [3.05, 3.63) is 48.0 Å². The molecule has 2 rings (SSSR count). The Morgan fingerprint density at radius 1 is 0.962 bits per heavy atom. The number of para-hydroxylation sites is 1. The predicted molar refractivity (Wildman–Crippen MR) is 96.1 cm³/mol. The normalized spacial score (nSPS) is 9.96. The Hall–Kier alpha value is -3.22. The minimum Gasteiger partial charge on any atom is -0.496 e. The van der Waals surface area contributed by atoms with E-state index in [1.807, 2.05) is 0 Å². The summed E-state index contributed by atoms with van der Waals surface area (Å²) in [5.74, 6) is 0.611. The summed E-state index contributed by atoms with van der Waals surface area (Å²) < 4.78 is 20.8. The molecule has 0 fully saturated rings. The van der Waals surface area contributed by atoms with Crippen LogP contribution in [0.1, 0.15) is 17.3 Å².